The minimum Gasteiger partial charge on any atom is -0.497 e. The van der Waals surface area contributed by atoms with Gasteiger partial charge in [-0.15, -0.1) is 0 Å². The van der Waals surface area contributed by atoms with Crippen LogP contribution in [0.15, 0.2) is 54.6 Å². The summed E-state index contributed by atoms with van der Waals surface area (Å²) in [6.45, 7) is 1.51. The fourth-order valence-corrected chi connectivity index (χ4v) is 3.03. The standard InChI is InChI=1S/C22H20F3NO3/c1-13(12-27)26-21(28)15-5-8-19-16(9-15)10-18(29-2)11-20(19)14-3-6-17(7-4-14)22(23,24)25/h3-11,13,27H,12H2,1-2H3,(H,26,28). The van der Waals surface area contributed by atoms with Crippen LogP contribution in [0.4, 0.5) is 13.2 Å². The molecular formula is C22H20F3NO3. The van der Waals surface area contributed by atoms with Crippen molar-refractivity contribution in [3.8, 4) is 16.9 Å². The number of halogens is 3. The summed E-state index contributed by atoms with van der Waals surface area (Å²) in [6.07, 6.45) is -4.40. The third-order valence-corrected chi connectivity index (χ3v) is 4.60. The Bertz CT molecular complexity index is 1030. The number of nitrogens with one attached hydrogen (secondary N) is 1. The van der Waals surface area contributed by atoms with Crippen LogP contribution >= 0.6 is 0 Å². The van der Waals surface area contributed by atoms with Gasteiger partial charge in [0.2, 0.25) is 0 Å². The van der Waals surface area contributed by atoms with Gasteiger partial charge in [0.05, 0.1) is 19.3 Å². The topological polar surface area (TPSA) is 58.6 Å². The molecule has 0 aliphatic carbocycles. The number of hydrogen-bond acceptors (Lipinski definition) is 3. The molecule has 0 aliphatic heterocycles. The van der Waals surface area contributed by atoms with Gasteiger partial charge in [-0.25, -0.2) is 0 Å². The lowest BCUT2D eigenvalue weighted by atomic mass is 9.95. The third-order valence-electron chi connectivity index (χ3n) is 4.60. The van der Waals surface area contributed by atoms with E-state index < -0.39 is 11.7 Å². The van der Waals surface area contributed by atoms with Crippen molar-refractivity contribution in [2.75, 3.05) is 13.7 Å². The first kappa shape index (κ1) is 20.7. The van der Waals surface area contributed by atoms with Gasteiger partial charge in [0, 0.05) is 11.6 Å². The molecule has 152 valence electrons. The van der Waals surface area contributed by atoms with Gasteiger partial charge in [0.15, 0.2) is 0 Å². The normalized spacial score (nSPS) is 12.6. The number of fused-ring (bicyclic) bond motifs is 1. The lowest BCUT2D eigenvalue weighted by molar-refractivity contribution is -0.137. The molecule has 3 aromatic carbocycles. The van der Waals surface area contributed by atoms with Crippen molar-refractivity contribution < 1.29 is 27.8 Å². The second kappa shape index (κ2) is 8.13. The molecule has 0 heterocycles. The van der Waals surface area contributed by atoms with Crippen molar-refractivity contribution in [3.63, 3.8) is 0 Å². The minimum absolute atomic E-state index is 0.175. The van der Waals surface area contributed by atoms with Crippen molar-refractivity contribution in [3.05, 3.63) is 65.7 Å². The summed E-state index contributed by atoms with van der Waals surface area (Å²) in [4.78, 5) is 12.3. The van der Waals surface area contributed by atoms with E-state index in [9.17, 15) is 18.0 Å². The monoisotopic (exact) mass is 403 g/mol. The molecule has 0 fully saturated rings. The quantitative estimate of drug-likeness (QED) is 0.652. The Hall–Kier alpha value is -3.06. The van der Waals surface area contributed by atoms with Gasteiger partial charge in [0.25, 0.3) is 5.91 Å². The number of aliphatic hydroxyl groups is 1. The van der Waals surface area contributed by atoms with Crippen molar-refractivity contribution in [2.24, 2.45) is 0 Å². The predicted octanol–water partition coefficient (Wildman–Crippen LogP) is 4.64. The SMILES string of the molecule is COc1cc(-c2ccc(C(F)(F)F)cc2)c2ccc(C(=O)NC(C)CO)cc2c1. The number of methoxy groups -OCH3 is 1. The van der Waals surface area contributed by atoms with Crippen molar-refractivity contribution in [1.29, 1.82) is 0 Å². The Morgan fingerprint density at radius 2 is 1.79 bits per heavy atom. The average molecular weight is 403 g/mol. The number of carbonyl (C=O) groups is 1. The van der Waals surface area contributed by atoms with Crippen molar-refractivity contribution >= 4 is 16.7 Å². The van der Waals surface area contributed by atoms with Crippen LogP contribution < -0.4 is 10.1 Å². The first-order chi connectivity index (χ1) is 13.7. The van der Waals surface area contributed by atoms with Crippen LogP contribution in [0, 0.1) is 0 Å². The van der Waals surface area contributed by atoms with E-state index in [1.165, 1.54) is 19.2 Å². The molecule has 0 spiro atoms. The summed E-state index contributed by atoms with van der Waals surface area (Å²) in [5.41, 5.74) is 0.992. The Balaban J connectivity index is 2.07. The van der Waals surface area contributed by atoms with Crippen LogP contribution in [0.2, 0.25) is 0 Å². The summed E-state index contributed by atoms with van der Waals surface area (Å²) in [7, 11) is 1.50. The van der Waals surface area contributed by atoms with Gasteiger partial charge in [-0.1, -0.05) is 18.2 Å². The molecule has 0 saturated carbocycles. The number of aliphatic hydroxyl groups excluding tert-OH is 1. The van der Waals surface area contributed by atoms with E-state index in [1.807, 2.05) is 0 Å². The fraction of sp³-hybridized carbons (Fsp3) is 0.227. The maximum atomic E-state index is 12.9. The third kappa shape index (κ3) is 4.51. The fourth-order valence-electron chi connectivity index (χ4n) is 3.03. The molecule has 0 radical (unpaired) electrons. The molecule has 0 aromatic heterocycles. The van der Waals surface area contributed by atoms with E-state index in [2.05, 4.69) is 5.32 Å². The van der Waals surface area contributed by atoms with Gasteiger partial charge in [0.1, 0.15) is 5.75 Å². The number of carbonyl (C=O) groups excluding carboxylic acids is 1. The second-order valence-electron chi connectivity index (χ2n) is 6.74. The molecule has 2 N–H and O–H groups in total. The van der Waals surface area contributed by atoms with E-state index in [4.69, 9.17) is 9.84 Å². The maximum Gasteiger partial charge on any atom is 0.416 e. The molecule has 1 amide bonds. The Morgan fingerprint density at radius 1 is 1.10 bits per heavy atom. The number of hydrogen-bond donors (Lipinski definition) is 2. The molecule has 4 nitrogen and oxygen atoms in total. The number of alkyl halides is 3. The smallest absolute Gasteiger partial charge is 0.416 e. The van der Waals surface area contributed by atoms with Crippen LogP contribution in [0.3, 0.4) is 0 Å². The molecule has 1 atom stereocenters. The van der Waals surface area contributed by atoms with E-state index in [0.29, 0.717) is 27.8 Å². The van der Waals surface area contributed by atoms with E-state index in [1.54, 1.807) is 37.3 Å². The van der Waals surface area contributed by atoms with Crippen molar-refractivity contribution in [1.82, 2.24) is 5.32 Å². The summed E-state index contributed by atoms with van der Waals surface area (Å²) in [6, 6.07) is 13.1. The average Bonchev–Trinajstić information content (AvgIpc) is 2.71. The summed E-state index contributed by atoms with van der Waals surface area (Å²) in [5.74, 6) is 0.195. The van der Waals surface area contributed by atoms with Gasteiger partial charge in [-0.3, -0.25) is 4.79 Å². The number of benzene rings is 3. The molecule has 0 saturated heterocycles. The van der Waals surface area contributed by atoms with Gasteiger partial charge in [-0.05, 0) is 65.2 Å². The number of rotatable bonds is 5. The van der Waals surface area contributed by atoms with Crippen LogP contribution in [-0.4, -0.2) is 30.8 Å². The zero-order chi connectivity index (χ0) is 21.2. The molecule has 0 aliphatic rings. The lowest BCUT2D eigenvalue weighted by Crippen LogP contribution is -2.34. The largest absolute Gasteiger partial charge is 0.497 e. The highest BCUT2D eigenvalue weighted by Gasteiger charge is 2.30. The highest BCUT2D eigenvalue weighted by molar-refractivity contribution is 6.03. The molecule has 7 heteroatoms. The second-order valence-corrected chi connectivity index (χ2v) is 6.74. The van der Waals surface area contributed by atoms with Gasteiger partial charge >= 0.3 is 6.18 Å². The Kier molecular flexibility index (Phi) is 5.79. The molecule has 3 aromatic rings. The van der Waals surface area contributed by atoms with Crippen LogP contribution in [0.5, 0.6) is 5.75 Å². The Labute approximate surface area is 165 Å². The molecule has 1 unspecified atom stereocenters. The maximum absolute atomic E-state index is 12.9. The molecule has 29 heavy (non-hydrogen) atoms. The summed E-state index contributed by atoms with van der Waals surface area (Å²) < 4.78 is 43.9. The van der Waals surface area contributed by atoms with Crippen molar-refractivity contribution in [2.45, 2.75) is 19.1 Å². The molecule has 3 rings (SSSR count). The summed E-state index contributed by atoms with van der Waals surface area (Å²) in [5, 5.41) is 13.3. The molecule has 0 bridgehead atoms. The highest BCUT2D eigenvalue weighted by Crippen LogP contribution is 2.36. The first-order valence-electron chi connectivity index (χ1n) is 8.94. The van der Waals surface area contributed by atoms with Crippen LogP contribution in [0.1, 0.15) is 22.8 Å². The zero-order valence-electron chi connectivity index (χ0n) is 15.9. The minimum atomic E-state index is -4.40. The number of ether oxygens (including phenoxy) is 1. The predicted molar refractivity (Wildman–Crippen MR) is 105 cm³/mol. The van der Waals surface area contributed by atoms with Crippen LogP contribution in [0.25, 0.3) is 21.9 Å². The lowest BCUT2D eigenvalue weighted by Gasteiger charge is -2.14. The van der Waals surface area contributed by atoms with E-state index in [-0.39, 0.29) is 18.6 Å². The molecular weight excluding hydrogens is 383 g/mol. The highest BCUT2D eigenvalue weighted by atomic mass is 19.4. The van der Waals surface area contributed by atoms with Gasteiger partial charge < -0.3 is 15.2 Å². The van der Waals surface area contributed by atoms with E-state index in [0.717, 1.165) is 17.5 Å². The van der Waals surface area contributed by atoms with Crippen LogP contribution in [-0.2, 0) is 6.18 Å². The summed E-state index contributed by atoms with van der Waals surface area (Å²) >= 11 is 0. The van der Waals surface area contributed by atoms with Gasteiger partial charge in [-0.2, -0.15) is 13.2 Å². The van der Waals surface area contributed by atoms with E-state index >= 15 is 0 Å². The number of amides is 1. The zero-order valence-corrected chi connectivity index (χ0v) is 15.9. The first-order valence-corrected chi connectivity index (χ1v) is 8.94. The Morgan fingerprint density at radius 3 is 2.38 bits per heavy atom.